The quantitative estimate of drug-likeness (QED) is 0.213. The number of amides is 2. The first-order chi connectivity index (χ1) is 22.1. The van der Waals surface area contributed by atoms with E-state index in [1.54, 1.807) is 35.3 Å². The Labute approximate surface area is 278 Å². The second kappa shape index (κ2) is 12.8. The molecular formula is C35H31IN6O4. The zero-order valence-electron chi connectivity index (χ0n) is 25.4. The first kappa shape index (κ1) is 31.1. The van der Waals surface area contributed by atoms with Crippen LogP contribution in [0.5, 0.6) is 0 Å². The minimum Gasteiger partial charge on any atom is -0.348 e. The highest BCUT2D eigenvalue weighted by Gasteiger charge is 2.42. The first-order valence-electron chi connectivity index (χ1n) is 14.8. The van der Waals surface area contributed by atoms with Crippen LogP contribution in [-0.4, -0.2) is 37.4 Å². The lowest BCUT2D eigenvalue weighted by atomic mass is 10.1. The van der Waals surface area contributed by atoms with Crippen LogP contribution in [0.2, 0.25) is 0 Å². The third-order valence-corrected chi connectivity index (χ3v) is 8.87. The molecule has 0 bridgehead atoms. The molecule has 2 N–H and O–H groups in total. The summed E-state index contributed by atoms with van der Waals surface area (Å²) in [6.45, 7) is 5.49. The Bertz CT molecular complexity index is 2060. The third kappa shape index (κ3) is 6.54. The Morgan fingerprint density at radius 2 is 1.33 bits per heavy atom. The number of carbonyl (C=O) groups is 2. The molecule has 1 saturated carbocycles. The molecule has 46 heavy (non-hydrogen) atoms. The summed E-state index contributed by atoms with van der Waals surface area (Å²) in [5.74, 6) is -0.645. The van der Waals surface area contributed by atoms with Crippen LogP contribution in [0.15, 0.2) is 101 Å². The van der Waals surface area contributed by atoms with E-state index in [9.17, 15) is 19.2 Å². The molecule has 0 radical (unpaired) electrons. The zero-order chi connectivity index (χ0) is 32.5. The summed E-state index contributed by atoms with van der Waals surface area (Å²) in [5.41, 5.74) is 3.18. The maximum atomic E-state index is 13.1. The Balaban J connectivity index is 1.13. The van der Waals surface area contributed by atoms with Crippen LogP contribution in [0, 0.1) is 23.3 Å². The normalized spacial score (nSPS) is 16.0. The predicted octanol–water partition coefficient (Wildman–Crippen LogP) is 5.17. The van der Waals surface area contributed by atoms with Gasteiger partial charge in [0.05, 0.1) is 11.4 Å². The van der Waals surface area contributed by atoms with Crippen LogP contribution in [0.1, 0.15) is 57.2 Å². The molecule has 232 valence electrons. The molecule has 3 atom stereocenters. The third-order valence-electron chi connectivity index (χ3n) is 8.15. The van der Waals surface area contributed by atoms with Crippen molar-refractivity contribution in [2.45, 2.75) is 39.2 Å². The average Bonchev–Trinajstić information content (AvgIpc) is 3.84. The molecule has 3 unspecified atom stereocenters. The minimum atomic E-state index is -0.576. The molecule has 2 aromatic heterocycles. The molecule has 11 heteroatoms. The van der Waals surface area contributed by atoms with Crippen molar-refractivity contribution in [3.05, 3.63) is 143 Å². The summed E-state index contributed by atoms with van der Waals surface area (Å²) in [4.78, 5) is 51.4. The van der Waals surface area contributed by atoms with Gasteiger partial charge in [0.1, 0.15) is 0 Å². The van der Waals surface area contributed by atoms with Gasteiger partial charge in [-0.3, -0.25) is 19.2 Å². The molecule has 1 aliphatic carbocycles. The number of rotatable bonds is 8. The summed E-state index contributed by atoms with van der Waals surface area (Å²) in [5, 5.41) is 14.5. The standard InChI is InChI=1S/C35H31IN6O4/c1-20-17-30(43)32(39-41(20)26-7-5-4-6-8-26)34(45)37-22(3)28-19-29(28)23-9-15-27(16-10-23)42-21(2)18-31(44)33(40-42)35(46)38-25-13-11-24(36)12-14-25/h4-18,22,28-29H,19H2,1-3H3,(H,37,45)(H,38,46). The van der Waals surface area contributed by atoms with Gasteiger partial charge in [0.25, 0.3) is 11.8 Å². The second-order valence-electron chi connectivity index (χ2n) is 11.5. The molecule has 0 aliphatic heterocycles. The molecule has 1 aliphatic rings. The fraction of sp³-hybridized carbons (Fsp3) is 0.200. The molecule has 0 saturated heterocycles. The van der Waals surface area contributed by atoms with E-state index in [-0.39, 0.29) is 29.3 Å². The highest BCUT2D eigenvalue weighted by molar-refractivity contribution is 14.1. The monoisotopic (exact) mass is 726 g/mol. The maximum Gasteiger partial charge on any atom is 0.280 e. The zero-order valence-corrected chi connectivity index (χ0v) is 27.6. The molecule has 2 heterocycles. The van der Waals surface area contributed by atoms with E-state index in [1.807, 2.05) is 73.7 Å². The molecule has 1 fully saturated rings. The lowest BCUT2D eigenvalue weighted by molar-refractivity contribution is 0.0926. The number of nitrogens with one attached hydrogen (secondary N) is 2. The van der Waals surface area contributed by atoms with E-state index >= 15 is 0 Å². The number of hydrogen-bond acceptors (Lipinski definition) is 6. The summed E-state index contributed by atoms with van der Waals surface area (Å²) >= 11 is 2.18. The summed E-state index contributed by atoms with van der Waals surface area (Å²) < 4.78 is 4.21. The van der Waals surface area contributed by atoms with Gasteiger partial charge >= 0.3 is 0 Å². The van der Waals surface area contributed by atoms with Crippen molar-refractivity contribution in [1.29, 1.82) is 0 Å². The summed E-state index contributed by atoms with van der Waals surface area (Å²) in [6.07, 6.45) is 0.883. The Morgan fingerprint density at radius 1 is 0.783 bits per heavy atom. The van der Waals surface area contributed by atoms with Gasteiger partial charge < -0.3 is 10.6 Å². The van der Waals surface area contributed by atoms with Gasteiger partial charge in [0, 0.05) is 38.8 Å². The number of carbonyl (C=O) groups excluding carboxylic acids is 2. The smallest absolute Gasteiger partial charge is 0.280 e. The Hall–Kier alpha value is -4.91. The lowest BCUT2D eigenvalue weighted by Crippen LogP contribution is -2.38. The van der Waals surface area contributed by atoms with Crippen molar-refractivity contribution >= 4 is 40.1 Å². The Kier molecular flexibility index (Phi) is 8.67. The van der Waals surface area contributed by atoms with Crippen LogP contribution in [0.4, 0.5) is 5.69 Å². The van der Waals surface area contributed by atoms with Gasteiger partial charge in [-0.15, -0.1) is 0 Å². The van der Waals surface area contributed by atoms with Crippen LogP contribution < -0.4 is 21.5 Å². The van der Waals surface area contributed by atoms with Crippen molar-refractivity contribution < 1.29 is 9.59 Å². The molecule has 10 nitrogen and oxygen atoms in total. The molecule has 5 aromatic rings. The van der Waals surface area contributed by atoms with Crippen LogP contribution in [0.25, 0.3) is 11.4 Å². The van der Waals surface area contributed by atoms with Gasteiger partial charge in [-0.1, -0.05) is 30.3 Å². The fourth-order valence-corrected chi connectivity index (χ4v) is 5.98. The fourth-order valence-electron chi connectivity index (χ4n) is 5.62. The van der Waals surface area contributed by atoms with E-state index in [4.69, 9.17) is 0 Å². The van der Waals surface area contributed by atoms with Gasteiger partial charge in [-0.25, -0.2) is 9.36 Å². The summed E-state index contributed by atoms with van der Waals surface area (Å²) in [6, 6.07) is 27.1. The average molecular weight is 727 g/mol. The lowest BCUT2D eigenvalue weighted by Gasteiger charge is -2.15. The molecule has 2 amide bonds. The minimum absolute atomic E-state index is 0.140. The molecule has 6 rings (SSSR count). The highest BCUT2D eigenvalue weighted by atomic mass is 127. The molecule has 0 spiro atoms. The van der Waals surface area contributed by atoms with Crippen LogP contribution in [0.3, 0.4) is 0 Å². The van der Waals surface area contributed by atoms with E-state index < -0.39 is 22.7 Å². The number of benzene rings is 3. The van der Waals surface area contributed by atoms with Gasteiger partial charge in [0.2, 0.25) is 10.9 Å². The number of hydrogen-bond donors (Lipinski definition) is 2. The van der Waals surface area contributed by atoms with Crippen molar-refractivity contribution in [2.24, 2.45) is 5.92 Å². The molecular weight excluding hydrogens is 695 g/mol. The van der Waals surface area contributed by atoms with Gasteiger partial charge in [-0.2, -0.15) is 10.2 Å². The largest absolute Gasteiger partial charge is 0.348 e. The van der Waals surface area contributed by atoms with Crippen molar-refractivity contribution in [3.63, 3.8) is 0 Å². The number of aromatic nitrogens is 4. The van der Waals surface area contributed by atoms with E-state index in [0.717, 1.165) is 21.2 Å². The number of anilines is 1. The SMILES string of the molecule is Cc1cc(=O)c(C(=O)Nc2ccc(I)cc2)nn1-c1ccc(C2CC2C(C)NC(=O)c2nn(-c3ccccc3)c(C)cc2=O)cc1. The van der Waals surface area contributed by atoms with Crippen molar-refractivity contribution in [1.82, 2.24) is 24.9 Å². The Morgan fingerprint density at radius 3 is 1.91 bits per heavy atom. The van der Waals surface area contributed by atoms with Crippen molar-refractivity contribution in [2.75, 3.05) is 5.32 Å². The maximum absolute atomic E-state index is 13.1. The van der Waals surface area contributed by atoms with Gasteiger partial charge in [-0.05, 0) is 116 Å². The van der Waals surface area contributed by atoms with Crippen molar-refractivity contribution in [3.8, 4) is 11.4 Å². The first-order valence-corrected chi connectivity index (χ1v) is 15.9. The number of halogens is 1. The molecule has 3 aromatic carbocycles. The number of aryl methyl sites for hydroxylation is 2. The van der Waals surface area contributed by atoms with Crippen LogP contribution >= 0.6 is 22.6 Å². The van der Waals surface area contributed by atoms with Gasteiger partial charge in [0.15, 0.2) is 11.4 Å². The predicted molar refractivity (Wildman–Crippen MR) is 184 cm³/mol. The number of para-hydroxylation sites is 1. The second-order valence-corrected chi connectivity index (χ2v) is 12.7. The van der Waals surface area contributed by atoms with E-state index in [1.165, 1.54) is 12.1 Å². The highest BCUT2D eigenvalue weighted by Crippen LogP contribution is 2.49. The summed E-state index contributed by atoms with van der Waals surface area (Å²) in [7, 11) is 0. The van der Waals surface area contributed by atoms with E-state index in [2.05, 4.69) is 43.4 Å². The number of nitrogens with zero attached hydrogens (tertiary/aromatic N) is 4. The van der Waals surface area contributed by atoms with Crippen LogP contribution in [-0.2, 0) is 0 Å². The van der Waals surface area contributed by atoms with E-state index in [0.29, 0.717) is 22.8 Å². The topological polar surface area (TPSA) is 128 Å².